The molecule has 0 spiro atoms. The Kier molecular flexibility index (Phi) is 11.7. The van der Waals surface area contributed by atoms with Gasteiger partial charge >= 0.3 is 11.9 Å². The minimum Gasteiger partial charge on any atom is -0.365 e. The highest BCUT2D eigenvalue weighted by Crippen LogP contribution is 2.22. The van der Waals surface area contributed by atoms with Gasteiger partial charge < -0.3 is 19.9 Å². The highest BCUT2D eigenvalue weighted by molar-refractivity contribution is 7.87. The van der Waals surface area contributed by atoms with Gasteiger partial charge in [0.25, 0.3) is 33.7 Å². The van der Waals surface area contributed by atoms with Crippen LogP contribution in [0.25, 0.3) is 0 Å². The minimum absolute atomic E-state index is 0.0737. The van der Waals surface area contributed by atoms with Crippen molar-refractivity contribution in [3.63, 3.8) is 0 Å². The molecule has 4 aliphatic heterocycles. The fourth-order valence-electron chi connectivity index (χ4n) is 2.82. The van der Waals surface area contributed by atoms with Crippen LogP contribution < -0.4 is 10.2 Å². The van der Waals surface area contributed by atoms with Gasteiger partial charge in [0.1, 0.15) is 0 Å². The summed E-state index contributed by atoms with van der Waals surface area (Å²) in [5.41, 5.74) is 2.57. The van der Waals surface area contributed by atoms with Crippen molar-refractivity contribution in [1.82, 2.24) is 15.4 Å². The van der Waals surface area contributed by atoms with E-state index in [0.29, 0.717) is 5.06 Å². The lowest BCUT2D eigenvalue weighted by Gasteiger charge is -2.12. The van der Waals surface area contributed by atoms with Crippen molar-refractivity contribution in [2.24, 2.45) is 0 Å². The zero-order chi connectivity index (χ0) is 30.7. The van der Waals surface area contributed by atoms with Gasteiger partial charge in [-0.3, -0.25) is 23.7 Å². The molecule has 1 unspecified atom stereocenters. The van der Waals surface area contributed by atoms with E-state index in [2.05, 4.69) is 51.1 Å². The first-order valence-electron chi connectivity index (χ1n) is 12.3. The molecule has 0 saturated carbocycles. The summed E-state index contributed by atoms with van der Waals surface area (Å²) >= 11 is 0. The molecule has 1 aromatic carbocycles. The average molecular weight is 595 g/mol. The SMILES string of the molecule is C1=CN1.CCC(=O)ON1C(=O)CC(S(=O)(=O)O)C1=O.CCC(=O)ON1C(=O)CCC1=O.Cc1ccc(N2C=C2)cc1. The second kappa shape index (κ2) is 14.7. The summed E-state index contributed by atoms with van der Waals surface area (Å²) in [6.07, 6.45) is 7.46. The first kappa shape index (κ1) is 32.6. The van der Waals surface area contributed by atoms with Crippen LogP contribution in [0, 0.1) is 6.92 Å². The molecule has 4 amide bonds. The minimum atomic E-state index is -4.66. The number of imide groups is 2. The second-order valence-electron chi connectivity index (χ2n) is 8.49. The Bertz CT molecular complexity index is 1310. The third-order valence-electron chi connectivity index (χ3n) is 5.19. The molecule has 1 atom stereocenters. The van der Waals surface area contributed by atoms with E-state index in [1.54, 1.807) is 6.92 Å². The third-order valence-corrected chi connectivity index (χ3v) is 6.28. The molecule has 41 heavy (non-hydrogen) atoms. The average Bonchev–Trinajstić information content (AvgIpc) is 3.85. The maximum Gasteiger partial charge on any atom is 0.332 e. The van der Waals surface area contributed by atoms with E-state index in [1.165, 1.54) is 18.2 Å². The van der Waals surface area contributed by atoms with Crippen LogP contribution >= 0.6 is 0 Å². The van der Waals surface area contributed by atoms with E-state index in [0.717, 1.165) is 0 Å². The lowest BCUT2D eigenvalue weighted by atomic mass is 10.2. The van der Waals surface area contributed by atoms with Crippen molar-refractivity contribution in [2.45, 2.75) is 58.1 Å². The quantitative estimate of drug-likeness (QED) is 0.351. The van der Waals surface area contributed by atoms with Gasteiger partial charge in [0.15, 0.2) is 5.25 Å². The molecule has 2 saturated heterocycles. The first-order chi connectivity index (χ1) is 19.3. The summed E-state index contributed by atoms with van der Waals surface area (Å²) < 4.78 is 30.1. The number of benzene rings is 1. The van der Waals surface area contributed by atoms with Crippen molar-refractivity contribution in [2.75, 3.05) is 4.90 Å². The van der Waals surface area contributed by atoms with Crippen LogP contribution in [-0.2, 0) is 48.6 Å². The highest BCUT2D eigenvalue weighted by atomic mass is 32.2. The number of rotatable bonds is 6. The third kappa shape index (κ3) is 10.8. The van der Waals surface area contributed by atoms with Gasteiger partial charge in [-0.15, -0.1) is 10.1 Å². The zero-order valence-electron chi connectivity index (χ0n) is 22.5. The van der Waals surface area contributed by atoms with Crippen LogP contribution in [0.3, 0.4) is 0 Å². The van der Waals surface area contributed by atoms with Crippen LogP contribution in [-0.4, -0.2) is 63.9 Å². The van der Waals surface area contributed by atoms with Gasteiger partial charge in [-0.05, 0) is 19.1 Å². The Morgan fingerprint density at radius 2 is 1.34 bits per heavy atom. The zero-order valence-corrected chi connectivity index (χ0v) is 23.3. The van der Waals surface area contributed by atoms with Gasteiger partial charge in [-0.2, -0.15) is 8.42 Å². The Hall–Kier alpha value is -4.57. The Morgan fingerprint density at radius 3 is 1.71 bits per heavy atom. The number of aryl methyl sites for hydroxylation is 1. The molecule has 0 aromatic heterocycles. The fraction of sp³-hybridized carbons (Fsp3) is 0.360. The van der Waals surface area contributed by atoms with E-state index in [9.17, 15) is 37.2 Å². The summed E-state index contributed by atoms with van der Waals surface area (Å²) in [7, 11) is -4.66. The topological polar surface area (TPSA) is 207 Å². The van der Waals surface area contributed by atoms with Gasteiger partial charge in [0.2, 0.25) is 0 Å². The monoisotopic (exact) mass is 594 g/mol. The number of hydrogen-bond acceptors (Lipinski definition) is 12. The Balaban J connectivity index is 0.000000208. The molecule has 4 heterocycles. The van der Waals surface area contributed by atoms with Gasteiger partial charge in [0, 0.05) is 56.2 Å². The van der Waals surface area contributed by atoms with Gasteiger partial charge in [0.05, 0.1) is 6.42 Å². The van der Waals surface area contributed by atoms with Crippen molar-refractivity contribution < 1.29 is 51.4 Å². The van der Waals surface area contributed by atoms with Crippen LogP contribution in [0.1, 0.15) is 51.5 Å². The normalized spacial score (nSPS) is 17.9. The second-order valence-corrected chi connectivity index (χ2v) is 10.1. The van der Waals surface area contributed by atoms with Crippen molar-refractivity contribution in [3.8, 4) is 0 Å². The standard InChI is InChI=1S/C9H9N.C7H9NO7S.C7H9NO4.C2H3N/c1-8-2-4-9(5-3-8)10-6-7-10;1-2-6(10)15-8-5(9)3-4(7(8)11)16(12,13)14;1-2-7(11)12-8-5(9)3-4-6(8)10;1-2-3-1/h2-7H,1H3;4H,2-3H2,1H3,(H,12,13,14);2-4H2,1H3;1-3H. The fourth-order valence-corrected chi connectivity index (χ4v) is 3.53. The number of amides is 4. The summed E-state index contributed by atoms with van der Waals surface area (Å²) in [6.45, 7) is 5.13. The molecule has 15 nitrogen and oxygen atoms in total. The highest BCUT2D eigenvalue weighted by Gasteiger charge is 2.48. The van der Waals surface area contributed by atoms with E-state index < -0.39 is 57.4 Å². The maximum atomic E-state index is 11.3. The van der Waals surface area contributed by atoms with Gasteiger partial charge in [-0.1, -0.05) is 31.5 Å². The number of nitrogens with one attached hydrogen (secondary N) is 1. The predicted molar refractivity (Wildman–Crippen MR) is 141 cm³/mol. The number of carbonyl (C=O) groups excluding carboxylic acids is 6. The number of carbonyl (C=O) groups is 6. The molecule has 4 aliphatic rings. The summed E-state index contributed by atoms with van der Waals surface area (Å²) in [4.78, 5) is 76.6. The maximum absolute atomic E-state index is 11.3. The van der Waals surface area contributed by atoms with Crippen LogP contribution in [0.5, 0.6) is 0 Å². The van der Waals surface area contributed by atoms with Crippen molar-refractivity contribution >= 4 is 51.4 Å². The summed E-state index contributed by atoms with van der Waals surface area (Å²) in [5.74, 6) is -4.54. The van der Waals surface area contributed by atoms with Crippen LogP contribution in [0.2, 0.25) is 0 Å². The first-order valence-corrected chi connectivity index (χ1v) is 13.8. The molecule has 222 valence electrons. The molecule has 0 radical (unpaired) electrons. The number of anilines is 1. The lowest BCUT2D eigenvalue weighted by Crippen LogP contribution is -2.36. The smallest absolute Gasteiger partial charge is 0.332 e. The Labute approximate surface area is 236 Å². The van der Waals surface area contributed by atoms with Crippen LogP contribution in [0.15, 0.2) is 49.1 Å². The van der Waals surface area contributed by atoms with Crippen LogP contribution in [0.4, 0.5) is 5.69 Å². The van der Waals surface area contributed by atoms with Crippen molar-refractivity contribution in [1.29, 1.82) is 0 Å². The number of hydroxylamine groups is 4. The predicted octanol–water partition coefficient (Wildman–Crippen LogP) is 1.22. The Morgan fingerprint density at radius 1 is 0.878 bits per heavy atom. The molecule has 16 heteroatoms. The molecule has 1 aromatic rings. The molecule has 2 N–H and O–H groups in total. The number of nitrogens with zero attached hydrogens (tertiary/aromatic N) is 3. The number of hydrogen-bond donors (Lipinski definition) is 2. The molecule has 0 bridgehead atoms. The van der Waals surface area contributed by atoms with E-state index in [-0.39, 0.29) is 30.7 Å². The van der Waals surface area contributed by atoms with Crippen molar-refractivity contribution in [3.05, 3.63) is 54.6 Å². The molecular weight excluding hydrogens is 564 g/mol. The molecule has 2 fully saturated rings. The summed E-state index contributed by atoms with van der Waals surface area (Å²) in [6, 6.07) is 8.48. The summed E-state index contributed by atoms with van der Waals surface area (Å²) in [5, 5.41) is 1.49. The molecule has 0 aliphatic carbocycles. The largest absolute Gasteiger partial charge is 0.365 e. The molecule has 5 rings (SSSR count). The lowest BCUT2D eigenvalue weighted by molar-refractivity contribution is -0.197. The van der Waals surface area contributed by atoms with E-state index >= 15 is 0 Å². The van der Waals surface area contributed by atoms with Gasteiger partial charge in [-0.25, -0.2) is 9.59 Å². The van der Waals surface area contributed by atoms with E-state index in [1.807, 2.05) is 24.8 Å². The molecular formula is C25H30N4O11S. The van der Waals surface area contributed by atoms with E-state index in [4.69, 9.17) is 4.55 Å².